The van der Waals surface area contributed by atoms with Gasteiger partial charge < -0.3 is 15.8 Å². The lowest BCUT2D eigenvalue weighted by Crippen LogP contribution is -2.03. The van der Waals surface area contributed by atoms with Gasteiger partial charge in [-0.15, -0.1) is 0 Å². The van der Waals surface area contributed by atoms with Crippen molar-refractivity contribution >= 4 is 11.4 Å². The molecule has 1 aromatic rings. The highest BCUT2D eigenvalue weighted by molar-refractivity contribution is 5.68. The maximum atomic E-state index is 5.85. The van der Waals surface area contributed by atoms with Crippen molar-refractivity contribution in [3.8, 4) is 5.75 Å². The number of methoxy groups -OCH3 is 1. The molecule has 0 aromatic heterocycles. The molecule has 3 N–H and O–H groups in total. The minimum atomic E-state index is 0.717. The van der Waals surface area contributed by atoms with Gasteiger partial charge in [-0.25, -0.2) is 0 Å². The molecule has 0 fully saturated rings. The van der Waals surface area contributed by atoms with Crippen molar-refractivity contribution in [3.05, 3.63) is 30.4 Å². The highest BCUT2D eigenvalue weighted by Crippen LogP contribution is 2.23. The van der Waals surface area contributed by atoms with E-state index < -0.39 is 0 Å². The van der Waals surface area contributed by atoms with E-state index in [1.54, 1.807) is 7.11 Å². The highest BCUT2D eigenvalue weighted by atomic mass is 16.5. The molecular weight excluding hydrogens is 188 g/mol. The molecule has 0 heterocycles. The molecule has 82 valence electrons. The molecule has 0 aliphatic rings. The molecule has 0 aliphatic carbocycles. The third kappa shape index (κ3) is 3.54. The first kappa shape index (κ1) is 11.4. The number of anilines is 2. The summed E-state index contributed by atoms with van der Waals surface area (Å²) in [6, 6.07) is 5.65. The van der Waals surface area contributed by atoms with Gasteiger partial charge in [-0.1, -0.05) is 12.2 Å². The summed E-state index contributed by atoms with van der Waals surface area (Å²) in [5.41, 5.74) is 7.53. The minimum absolute atomic E-state index is 0.717. The first-order valence-electron chi connectivity index (χ1n) is 5.06. The second-order valence-electron chi connectivity index (χ2n) is 3.24. The van der Waals surface area contributed by atoms with Gasteiger partial charge in [0.2, 0.25) is 0 Å². The zero-order valence-electron chi connectivity index (χ0n) is 9.29. The van der Waals surface area contributed by atoms with E-state index >= 15 is 0 Å². The van der Waals surface area contributed by atoms with E-state index in [1.807, 2.05) is 31.2 Å². The first-order chi connectivity index (χ1) is 7.27. The van der Waals surface area contributed by atoms with E-state index in [9.17, 15) is 0 Å². The topological polar surface area (TPSA) is 47.3 Å². The van der Waals surface area contributed by atoms with Crippen LogP contribution in [0.5, 0.6) is 5.75 Å². The summed E-state index contributed by atoms with van der Waals surface area (Å²) in [6.45, 7) is 2.91. The Morgan fingerprint density at radius 3 is 2.87 bits per heavy atom. The number of hydrogen-bond donors (Lipinski definition) is 2. The van der Waals surface area contributed by atoms with Crippen LogP contribution in [0.4, 0.5) is 11.4 Å². The monoisotopic (exact) mass is 206 g/mol. The summed E-state index contributed by atoms with van der Waals surface area (Å²) in [5.74, 6) is 0.784. The average molecular weight is 206 g/mol. The van der Waals surface area contributed by atoms with Crippen LogP contribution in [0.2, 0.25) is 0 Å². The Bertz CT molecular complexity index is 334. The molecule has 0 bridgehead atoms. The normalized spacial score (nSPS) is 10.5. The zero-order valence-corrected chi connectivity index (χ0v) is 9.29. The Balaban J connectivity index is 2.54. The van der Waals surface area contributed by atoms with Crippen molar-refractivity contribution in [1.29, 1.82) is 0 Å². The molecule has 0 atom stereocenters. The van der Waals surface area contributed by atoms with Gasteiger partial charge in [-0.2, -0.15) is 0 Å². The van der Waals surface area contributed by atoms with Crippen LogP contribution in [0.1, 0.15) is 13.3 Å². The lowest BCUT2D eigenvalue weighted by Gasteiger charge is -2.09. The second-order valence-corrected chi connectivity index (χ2v) is 3.24. The lowest BCUT2D eigenvalue weighted by molar-refractivity contribution is 0.415. The van der Waals surface area contributed by atoms with Crippen molar-refractivity contribution in [2.75, 3.05) is 24.7 Å². The lowest BCUT2D eigenvalue weighted by atomic mass is 10.2. The average Bonchev–Trinajstić information content (AvgIpc) is 2.26. The predicted molar refractivity (Wildman–Crippen MR) is 65.3 cm³/mol. The number of benzene rings is 1. The van der Waals surface area contributed by atoms with Gasteiger partial charge in [0.1, 0.15) is 5.75 Å². The Morgan fingerprint density at radius 1 is 1.47 bits per heavy atom. The van der Waals surface area contributed by atoms with Crippen molar-refractivity contribution in [2.45, 2.75) is 13.3 Å². The van der Waals surface area contributed by atoms with E-state index in [4.69, 9.17) is 10.5 Å². The second kappa shape index (κ2) is 5.96. The maximum Gasteiger partial charge on any atom is 0.121 e. The molecule has 15 heavy (non-hydrogen) atoms. The molecule has 0 unspecified atom stereocenters. The van der Waals surface area contributed by atoms with Crippen molar-refractivity contribution in [1.82, 2.24) is 0 Å². The fourth-order valence-electron chi connectivity index (χ4n) is 1.29. The highest BCUT2D eigenvalue weighted by Gasteiger charge is 1.99. The molecular formula is C12H18N2O. The van der Waals surface area contributed by atoms with E-state index in [0.717, 1.165) is 30.1 Å². The number of nitrogens with one attached hydrogen (secondary N) is 1. The van der Waals surface area contributed by atoms with Gasteiger partial charge in [0.05, 0.1) is 18.5 Å². The van der Waals surface area contributed by atoms with E-state index in [-0.39, 0.29) is 0 Å². The minimum Gasteiger partial charge on any atom is -0.497 e. The van der Waals surface area contributed by atoms with Crippen molar-refractivity contribution < 1.29 is 4.74 Å². The summed E-state index contributed by atoms with van der Waals surface area (Å²) in [5, 5.41) is 3.27. The molecule has 1 aromatic carbocycles. The molecule has 3 nitrogen and oxygen atoms in total. The van der Waals surface area contributed by atoms with E-state index in [0.29, 0.717) is 0 Å². The van der Waals surface area contributed by atoms with Crippen LogP contribution < -0.4 is 15.8 Å². The van der Waals surface area contributed by atoms with Gasteiger partial charge in [0.25, 0.3) is 0 Å². The predicted octanol–water partition coefficient (Wildman–Crippen LogP) is 2.66. The third-order valence-electron chi connectivity index (χ3n) is 2.12. The molecule has 0 aliphatic heterocycles. The molecule has 0 saturated heterocycles. The van der Waals surface area contributed by atoms with Crippen LogP contribution in [0, 0.1) is 0 Å². The molecule has 3 heteroatoms. The summed E-state index contributed by atoms with van der Waals surface area (Å²) < 4.78 is 5.07. The molecule has 0 spiro atoms. The van der Waals surface area contributed by atoms with Crippen LogP contribution >= 0.6 is 0 Å². The van der Waals surface area contributed by atoms with Gasteiger partial charge in [0.15, 0.2) is 0 Å². The van der Waals surface area contributed by atoms with Gasteiger partial charge in [-0.3, -0.25) is 0 Å². The Kier molecular flexibility index (Phi) is 4.54. The van der Waals surface area contributed by atoms with Crippen LogP contribution in [-0.2, 0) is 0 Å². The van der Waals surface area contributed by atoms with E-state index in [2.05, 4.69) is 11.4 Å². The van der Waals surface area contributed by atoms with Crippen molar-refractivity contribution in [3.63, 3.8) is 0 Å². The van der Waals surface area contributed by atoms with Gasteiger partial charge in [0, 0.05) is 12.6 Å². The van der Waals surface area contributed by atoms with Gasteiger partial charge >= 0.3 is 0 Å². The summed E-state index contributed by atoms with van der Waals surface area (Å²) in [7, 11) is 1.63. The number of rotatable bonds is 5. The van der Waals surface area contributed by atoms with Gasteiger partial charge in [-0.05, 0) is 25.5 Å². The number of allylic oxidation sites excluding steroid dienone is 1. The summed E-state index contributed by atoms with van der Waals surface area (Å²) in [6.07, 6.45) is 5.16. The number of ether oxygens (including phenoxy) is 1. The maximum absolute atomic E-state index is 5.85. The fraction of sp³-hybridized carbons (Fsp3) is 0.333. The van der Waals surface area contributed by atoms with Crippen LogP contribution in [0.3, 0.4) is 0 Å². The number of hydrogen-bond acceptors (Lipinski definition) is 3. The number of nitrogen functional groups attached to an aromatic ring is 1. The summed E-state index contributed by atoms with van der Waals surface area (Å²) >= 11 is 0. The van der Waals surface area contributed by atoms with Crippen LogP contribution in [0.25, 0.3) is 0 Å². The molecule has 0 amide bonds. The Hall–Kier alpha value is -1.64. The standard InChI is InChI=1S/C12H18N2O/c1-3-4-5-8-14-12-7-6-10(15-2)9-11(12)13/h3-4,6-7,9,14H,5,8,13H2,1-2H3/b4-3+. The number of nitrogens with two attached hydrogens (primary N) is 1. The Labute approximate surface area is 90.9 Å². The quantitative estimate of drug-likeness (QED) is 0.442. The molecule has 1 rings (SSSR count). The third-order valence-corrected chi connectivity index (χ3v) is 2.12. The zero-order chi connectivity index (χ0) is 11.1. The van der Waals surface area contributed by atoms with Crippen LogP contribution in [-0.4, -0.2) is 13.7 Å². The molecule has 0 radical (unpaired) electrons. The largest absolute Gasteiger partial charge is 0.497 e. The molecule has 0 saturated carbocycles. The smallest absolute Gasteiger partial charge is 0.121 e. The van der Waals surface area contributed by atoms with E-state index in [1.165, 1.54) is 0 Å². The SMILES string of the molecule is C/C=C/CCNc1ccc(OC)cc1N. The van der Waals surface area contributed by atoms with Crippen LogP contribution in [0.15, 0.2) is 30.4 Å². The summed E-state index contributed by atoms with van der Waals surface area (Å²) in [4.78, 5) is 0. The van der Waals surface area contributed by atoms with Crippen molar-refractivity contribution in [2.24, 2.45) is 0 Å². The Morgan fingerprint density at radius 2 is 2.27 bits per heavy atom. The first-order valence-corrected chi connectivity index (χ1v) is 5.06. The fourth-order valence-corrected chi connectivity index (χ4v) is 1.29.